The molecule has 6 heteroatoms. The predicted octanol–water partition coefficient (Wildman–Crippen LogP) is 4.26. The Morgan fingerprint density at radius 3 is 2.75 bits per heavy atom. The highest BCUT2D eigenvalue weighted by atomic mass is 16.3. The molecular weight excluding hydrogens is 452 g/mol. The normalized spacial score (nSPS) is 38.7. The fraction of sp³-hybridized carbons (Fsp3) is 0.600. The Bertz CT molecular complexity index is 1230. The summed E-state index contributed by atoms with van der Waals surface area (Å²) in [4.78, 5) is 12.6. The van der Waals surface area contributed by atoms with Gasteiger partial charge in [-0.2, -0.15) is 5.10 Å². The van der Waals surface area contributed by atoms with Crippen LogP contribution in [-0.2, 0) is 11.2 Å². The van der Waals surface area contributed by atoms with Gasteiger partial charge < -0.3 is 15.3 Å². The van der Waals surface area contributed by atoms with E-state index in [9.17, 15) is 20.1 Å². The standard InChI is InChI=1S/C29H36N2O4.CH4/c1-17-5-4-6-20(11-17)31-23-12-19-7-8-21-22-9-10-29(35,25(34)16-32)28(22,3)14-24(33)26(21)27(19,2)13-18(23)15-30-31;/h4-6,11-12,15,21-22,24,26,32-33,35H,7-10,13-14,16H2,1-3H3;1H4/t21-,22-,24-,26+,27-,28-,29-;/m0./s1. The van der Waals surface area contributed by atoms with Gasteiger partial charge in [0.1, 0.15) is 12.2 Å². The van der Waals surface area contributed by atoms with E-state index in [0.717, 1.165) is 37.1 Å². The zero-order chi connectivity index (χ0) is 24.8. The van der Waals surface area contributed by atoms with Gasteiger partial charge in [0.2, 0.25) is 0 Å². The third kappa shape index (κ3) is 3.20. The van der Waals surface area contributed by atoms with Crippen LogP contribution in [-0.4, -0.2) is 49.2 Å². The number of carbonyl (C=O) groups is 1. The number of ketones is 1. The van der Waals surface area contributed by atoms with Crippen molar-refractivity contribution in [2.24, 2.45) is 28.6 Å². The summed E-state index contributed by atoms with van der Waals surface area (Å²) in [5.74, 6) is -0.0322. The number of carbonyl (C=O) groups excluding carboxylic acids is 1. The van der Waals surface area contributed by atoms with E-state index in [1.807, 2.05) is 17.8 Å². The lowest BCUT2D eigenvalue weighted by molar-refractivity contribution is -0.181. The minimum atomic E-state index is -1.55. The van der Waals surface area contributed by atoms with Gasteiger partial charge >= 0.3 is 0 Å². The molecule has 4 aliphatic carbocycles. The summed E-state index contributed by atoms with van der Waals surface area (Å²) in [7, 11) is 0. The second kappa shape index (κ2) is 8.37. The highest BCUT2D eigenvalue weighted by Crippen LogP contribution is 2.67. The van der Waals surface area contributed by atoms with Crippen LogP contribution in [0.15, 0.2) is 36.0 Å². The SMILES string of the molecule is C.Cc1cccc(-n2ncc3c2C=C2CC[C@@H]4[C@H]([C@@H](O)C[C@@]5(C)[C@H]4CC[C@]5(O)C(=O)CO)[C@@]2(C)C3)c1. The predicted molar refractivity (Wildman–Crippen MR) is 140 cm³/mol. The monoisotopic (exact) mass is 492 g/mol. The first-order chi connectivity index (χ1) is 16.6. The van der Waals surface area contributed by atoms with Crippen LogP contribution in [0.4, 0.5) is 0 Å². The number of Topliss-reactive ketones (excluding diaryl/α,β-unsaturated/α-hetero) is 1. The van der Waals surface area contributed by atoms with Crippen molar-refractivity contribution in [3.8, 4) is 5.69 Å². The second-order valence-corrected chi connectivity index (χ2v) is 12.1. The smallest absolute Gasteiger partial charge is 0.190 e. The second-order valence-electron chi connectivity index (χ2n) is 12.1. The van der Waals surface area contributed by atoms with Crippen LogP contribution in [0.1, 0.15) is 70.2 Å². The van der Waals surface area contributed by atoms with Gasteiger partial charge in [0, 0.05) is 5.41 Å². The summed E-state index contributed by atoms with van der Waals surface area (Å²) in [6.45, 7) is 5.71. The summed E-state index contributed by atoms with van der Waals surface area (Å²) >= 11 is 0. The Balaban J connectivity index is 0.00000267. The van der Waals surface area contributed by atoms with Gasteiger partial charge in [0.15, 0.2) is 5.78 Å². The molecule has 3 N–H and O–H groups in total. The summed E-state index contributed by atoms with van der Waals surface area (Å²) in [6, 6.07) is 8.39. The number of aliphatic hydroxyl groups is 3. The Labute approximate surface area is 214 Å². The number of aromatic nitrogens is 2. The van der Waals surface area contributed by atoms with Crippen molar-refractivity contribution in [1.82, 2.24) is 9.78 Å². The molecule has 6 rings (SSSR count). The van der Waals surface area contributed by atoms with Gasteiger partial charge in [0.05, 0.1) is 23.7 Å². The van der Waals surface area contributed by atoms with Gasteiger partial charge in [-0.15, -0.1) is 0 Å². The van der Waals surface area contributed by atoms with Crippen LogP contribution in [0.2, 0.25) is 0 Å². The van der Waals surface area contributed by atoms with Gasteiger partial charge in [-0.05, 0) is 98.0 Å². The topological polar surface area (TPSA) is 95.6 Å². The lowest BCUT2D eigenvalue weighted by Gasteiger charge is -2.60. The molecule has 1 aromatic heterocycles. The Morgan fingerprint density at radius 2 is 2.03 bits per heavy atom. The molecular formula is C30H40N2O4. The maximum absolute atomic E-state index is 12.6. The van der Waals surface area contributed by atoms with Crippen molar-refractivity contribution in [1.29, 1.82) is 0 Å². The fourth-order valence-corrected chi connectivity index (χ4v) is 8.74. The molecule has 0 saturated heterocycles. The lowest BCUT2D eigenvalue weighted by Crippen LogP contribution is -2.62. The first-order valence-corrected chi connectivity index (χ1v) is 13.0. The molecule has 3 saturated carbocycles. The molecule has 0 radical (unpaired) electrons. The number of benzene rings is 1. The van der Waals surface area contributed by atoms with Crippen LogP contribution >= 0.6 is 0 Å². The zero-order valence-corrected chi connectivity index (χ0v) is 20.9. The Morgan fingerprint density at radius 1 is 1.25 bits per heavy atom. The molecule has 2 aromatic rings. The van der Waals surface area contributed by atoms with Crippen LogP contribution in [0.3, 0.4) is 0 Å². The molecule has 0 aliphatic heterocycles. The van der Waals surface area contributed by atoms with E-state index < -0.39 is 29.5 Å². The molecule has 4 aliphatic rings. The van der Waals surface area contributed by atoms with Crippen molar-refractivity contribution >= 4 is 11.9 Å². The van der Waals surface area contributed by atoms with Crippen LogP contribution in [0.25, 0.3) is 11.8 Å². The number of aryl methyl sites for hydroxylation is 1. The van der Waals surface area contributed by atoms with E-state index in [-0.39, 0.29) is 30.6 Å². The summed E-state index contributed by atoms with van der Waals surface area (Å²) < 4.78 is 2.03. The molecule has 7 atom stereocenters. The molecule has 194 valence electrons. The van der Waals surface area contributed by atoms with E-state index in [1.54, 1.807) is 0 Å². The number of hydrogen-bond donors (Lipinski definition) is 3. The van der Waals surface area contributed by atoms with Gasteiger partial charge in [-0.25, -0.2) is 4.68 Å². The molecule has 0 bridgehead atoms. The summed E-state index contributed by atoms with van der Waals surface area (Å²) in [6.07, 6.45) is 7.93. The number of aliphatic hydroxyl groups excluding tert-OH is 2. The molecule has 0 amide bonds. The minimum Gasteiger partial charge on any atom is -0.393 e. The number of allylic oxidation sites excluding steroid dienone is 1. The van der Waals surface area contributed by atoms with Crippen molar-refractivity contribution < 1.29 is 20.1 Å². The van der Waals surface area contributed by atoms with E-state index in [1.165, 1.54) is 16.7 Å². The van der Waals surface area contributed by atoms with Gasteiger partial charge in [-0.3, -0.25) is 4.79 Å². The molecule has 1 aromatic carbocycles. The Hall–Kier alpha value is -2.28. The first-order valence-electron chi connectivity index (χ1n) is 13.0. The molecule has 3 fully saturated rings. The van der Waals surface area contributed by atoms with Gasteiger partial charge in [0.25, 0.3) is 0 Å². The number of hydrogen-bond acceptors (Lipinski definition) is 5. The van der Waals surface area contributed by atoms with Crippen LogP contribution < -0.4 is 0 Å². The maximum Gasteiger partial charge on any atom is 0.190 e. The average Bonchev–Trinajstić information content (AvgIpc) is 3.34. The highest BCUT2D eigenvalue weighted by Gasteiger charge is 2.68. The highest BCUT2D eigenvalue weighted by molar-refractivity contribution is 5.89. The zero-order valence-electron chi connectivity index (χ0n) is 20.9. The minimum absolute atomic E-state index is 0. The third-order valence-corrected chi connectivity index (χ3v) is 10.4. The van der Waals surface area contributed by atoms with E-state index >= 15 is 0 Å². The first kappa shape index (κ1) is 25.4. The van der Waals surface area contributed by atoms with Crippen molar-refractivity contribution in [2.75, 3.05) is 6.61 Å². The van der Waals surface area contributed by atoms with Crippen molar-refractivity contribution in [3.05, 3.63) is 52.9 Å². The summed E-state index contributed by atoms with van der Waals surface area (Å²) in [5, 5.41) is 37.4. The average molecular weight is 493 g/mol. The van der Waals surface area contributed by atoms with E-state index in [4.69, 9.17) is 5.10 Å². The van der Waals surface area contributed by atoms with Gasteiger partial charge in [-0.1, -0.05) is 39.0 Å². The molecule has 0 spiro atoms. The largest absolute Gasteiger partial charge is 0.393 e. The number of fused-ring (bicyclic) bond motifs is 6. The van der Waals surface area contributed by atoms with Crippen LogP contribution in [0, 0.1) is 35.5 Å². The molecule has 1 heterocycles. The quantitative estimate of drug-likeness (QED) is 0.595. The van der Waals surface area contributed by atoms with E-state index in [0.29, 0.717) is 12.8 Å². The van der Waals surface area contributed by atoms with E-state index in [2.05, 4.69) is 44.2 Å². The lowest BCUT2D eigenvalue weighted by atomic mass is 9.45. The molecule has 6 nitrogen and oxygen atoms in total. The van der Waals surface area contributed by atoms with Crippen molar-refractivity contribution in [3.63, 3.8) is 0 Å². The van der Waals surface area contributed by atoms with Crippen molar-refractivity contribution in [2.45, 2.75) is 78.4 Å². The van der Waals surface area contributed by atoms with Crippen LogP contribution in [0.5, 0.6) is 0 Å². The third-order valence-electron chi connectivity index (χ3n) is 10.4. The molecule has 0 unspecified atom stereocenters. The number of nitrogens with zero attached hydrogens (tertiary/aromatic N) is 2. The number of rotatable bonds is 3. The maximum atomic E-state index is 12.6. The fourth-order valence-electron chi connectivity index (χ4n) is 8.74. The summed E-state index contributed by atoms with van der Waals surface area (Å²) in [5.41, 5.74) is 3.54. The molecule has 36 heavy (non-hydrogen) atoms. The Kier molecular flexibility index (Phi) is 5.90.